The minimum atomic E-state index is 0.0482. The van der Waals surface area contributed by atoms with Gasteiger partial charge in [0, 0.05) is 4.45 Å². The molecule has 1 nitrogen and oxygen atoms in total. The molecule has 0 heterocycles. The second-order valence-corrected chi connectivity index (χ2v) is 3.91. The van der Waals surface area contributed by atoms with Gasteiger partial charge in [0.05, 0.1) is 0 Å². The molecule has 0 bridgehead atoms. The quantitative estimate of drug-likeness (QED) is 0.474. The third-order valence-corrected chi connectivity index (χ3v) is 2.45. The van der Waals surface area contributed by atoms with Crippen molar-refractivity contribution < 1.29 is 4.80 Å². The van der Waals surface area contributed by atoms with E-state index in [9.17, 15) is 0 Å². The first-order chi connectivity index (χ1) is 2.81. The summed E-state index contributed by atoms with van der Waals surface area (Å²) < 4.78 is 0.331. The Labute approximate surface area is 48.8 Å². The van der Waals surface area contributed by atoms with Gasteiger partial charge in [-0.05, 0) is 6.42 Å². The molecule has 0 aromatic heterocycles. The Morgan fingerprint density at radius 1 is 2.00 bits per heavy atom. The monoisotopic (exact) mass is 166 g/mol. The largest absolute Gasteiger partial charge is 0.431 e. The Balaban J connectivity index is 2.75. The molecule has 3 heteroatoms. The van der Waals surface area contributed by atoms with Crippen LogP contribution in [0.15, 0.2) is 0 Å². The topological polar surface area (TPSA) is 20.2 Å². The molecule has 0 aliphatic rings. The van der Waals surface area contributed by atoms with E-state index in [4.69, 9.17) is 4.80 Å². The van der Waals surface area contributed by atoms with Crippen LogP contribution < -0.4 is 0 Å². The minimum absolute atomic E-state index is 0.0482. The van der Waals surface area contributed by atoms with Crippen LogP contribution in [0.5, 0.6) is 0 Å². The van der Waals surface area contributed by atoms with Gasteiger partial charge in [-0.3, -0.25) is 0 Å². The summed E-state index contributed by atoms with van der Waals surface area (Å²) in [7, 11) is 0.0482. The zero-order valence-corrected chi connectivity index (χ0v) is 6.20. The second-order valence-electron chi connectivity index (χ2n) is 1.00. The van der Waals surface area contributed by atoms with Gasteiger partial charge in [-0.1, -0.05) is 22.9 Å². The van der Waals surface area contributed by atoms with E-state index in [1.54, 1.807) is 0 Å². The number of rotatable bonds is 2. The molecule has 1 atom stereocenters. The fraction of sp³-hybridized carbons (Fsp3) is 1.00. The Morgan fingerprint density at radius 2 is 2.50 bits per heavy atom. The maximum absolute atomic E-state index is 8.32. The first kappa shape index (κ1) is 6.66. The van der Waals surface area contributed by atoms with Gasteiger partial charge in [0.2, 0.25) is 9.76 Å². The van der Waals surface area contributed by atoms with E-state index in [1.807, 2.05) is 6.92 Å². The van der Waals surface area contributed by atoms with Gasteiger partial charge in [-0.15, -0.1) is 0 Å². The predicted molar refractivity (Wildman–Crippen MR) is 31.0 cm³/mol. The van der Waals surface area contributed by atoms with Crippen LogP contribution in [0.25, 0.3) is 0 Å². The summed E-state index contributed by atoms with van der Waals surface area (Å²) in [6.45, 7) is 2.03. The zero-order valence-electron chi connectivity index (χ0n) is 3.61. The average Bonchev–Trinajstić information content (AvgIpc) is 1.65. The fourth-order valence-corrected chi connectivity index (χ4v) is 0.274. The lowest BCUT2D eigenvalue weighted by Gasteiger charge is -1.92. The average molecular weight is 167 g/mol. The van der Waals surface area contributed by atoms with Crippen molar-refractivity contribution in [2.45, 2.75) is 17.8 Å². The second kappa shape index (κ2) is 3.83. The van der Waals surface area contributed by atoms with Crippen LogP contribution in [0, 0.1) is 0 Å². The van der Waals surface area contributed by atoms with E-state index in [1.165, 1.54) is 0 Å². The molecule has 6 heavy (non-hydrogen) atoms. The molecule has 0 aliphatic heterocycles. The van der Waals surface area contributed by atoms with Crippen molar-refractivity contribution in [1.82, 2.24) is 0 Å². The molecule has 0 aromatic rings. The van der Waals surface area contributed by atoms with E-state index in [0.29, 0.717) is 4.45 Å². The van der Waals surface area contributed by atoms with Crippen LogP contribution >= 0.6 is 15.9 Å². The smallest absolute Gasteiger partial charge is 0.239 e. The molecule has 0 aromatic carbocycles. The molecule has 36 valence electrons. The van der Waals surface area contributed by atoms with Crippen molar-refractivity contribution in [2.24, 2.45) is 0 Å². The van der Waals surface area contributed by atoms with Crippen LogP contribution in [0.3, 0.4) is 0 Å². The summed E-state index contributed by atoms with van der Waals surface area (Å²) in [5.74, 6) is 0. The zero-order chi connectivity index (χ0) is 4.99. The van der Waals surface area contributed by atoms with Gasteiger partial charge >= 0.3 is 0 Å². The third-order valence-electron chi connectivity index (χ3n) is 0.499. The highest BCUT2D eigenvalue weighted by Crippen LogP contribution is 1.98. The predicted octanol–water partition coefficient (Wildman–Crippen LogP) is 0.729. The molecule has 1 N–H and O–H groups in total. The van der Waals surface area contributed by atoms with Crippen molar-refractivity contribution in [3.05, 3.63) is 0 Å². The van der Waals surface area contributed by atoms with E-state index in [-0.39, 0.29) is 9.76 Å². The van der Waals surface area contributed by atoms with Crippen molar-refractivity contribution in [3.63, 3.8) is 0 Å². The molecule has 2 radical (unpaired) electrons. The van der Waals surface area contributed by atoms with Gasteiger partial charge < -0.3 is 4.80 Å². The molecule has 0 amide bonds. The number of hydrogen-bond acceptors (Lipinski definition) is 1. The molecule has 0 rings (SSSR count). The molecule has 0 aliphatic carbocycles. The standard InChI is InChI=1S/C3H7BrOSi/c1-2-3(4)6-5/h3,5H,2H2,1H3. The Hall–Kier alpha value is 0.657. The summed E-state index contributed by atoms with van der Waals surface area (Å²) in [6.07, 6.45) is 1.01. The maximum Gasteiger partial charge on any atom is 0.239 e. The Bertz CT molecular complexity index is 30.0. The molecule has 0 fully saturated rings. The maximum atomic E-state index is 8.32. The summed E-state index contributed by atoms with van der Waals surface area (Å²) in [6, 6.07) is 0. The summed E-state index contributed by atoms with van der Waals surface area (Å²) in [4.78, 5) is 8.32. The van der Waals surface area contributed by atoms with Crippen molar-refractivity contribution in [2.75, 3.05) is 0 Å². The SMILES string of the molecule is CCC(Br)[Si]O. The van der Waals surface area contributed by atoms with E-state index in [2.05, 4.69) is 15.9 Å². The molecule has 1 unspecified atom stereocenters. The molecule has 0 saturated heterocycles. The molecule has 0 saturated carbocycles. The summed E-state index contributed by atoms with van der Waals surface area (Å²) in [5, 5.41) is 0. The van der Waals surface area contributed by atoms with E-state index < -0.39 is 0 Å². The first-order valence-electron chi connectivity index (χ1n) is 1.85. The van der Waals surface area contributed by atoms with Crippen LogP contribution in [0.2, 0.25) is 0 Å². The summed E-state index contributed by atoms with van der Waals surface area (Å²) >= 11 is 3.24. The number of halogens is 1. The van der Waals surface area contributed by atoms with Crippen LogP contribution in [0.4, 0.5) is 0 Å². The first-order valence-corrected chi connectivity index (χ1v) is 3.79. The van der Waals surface area contributed by atoms with Gasteiger partial charge in [-0.2, -0.15) is 0 Å². The molecular weight excluding hydrogens is 160 g/mol. The van der Waals surface area contributed by atoms with Crippen LogP contribution in [0.1, 0.15) is 13.3 Å². The lowest BCUT2D eigenvalue weighted by atomic mass is 10.6. The fourth-order valence-electron chi connectivity index (χ4n) is 0.0913. The highest BCUT2D eigenvalue weighted by molar-refractivity contribution is 9.10. The minimum Gasteiger partial charge on any atom is -0.431 e. The van der Waals surface area contributed by atoms with Crippen LogP contribution in [-0.2, 0) is 0 Å². The van der Waals surface area contributed by atoms with Gasteiger partial charge in [0.1, 0.15) is 0 Å². The number of alkyl halides is 1. The highest BCUT2D eigenvalue weighted by Gasteiger charge is 1.96. The van der Waals surface area contributed by atoms with Gasteiger partial charge in [-0.25, -0.2) is 0 Å². The number of hydrogen-bond donors (Lipinski definition) is 1. The summed E-state index contributed by atoms with van der Waals surface area (Å²) in [5.41, 5.74) is 0. The van der Waals surface area contributed by atoms with E-state index >= 15 is 0 Å². The highest BCUT2D eigenvalue weighted by atomic mass is 79.9. The van der Waals surface area contributed by atoms with Crippen molar-refractivity contribution in [1.29, 1.82) is 0 Å². The lowest BCUT2D eigenvalue weighted by molar-refractivity contribution is 0.596. The van der Waals surface area contributed by atoms with Crippen molar-refractivity contribution in [3.8, 4) is 0 Å². The Morgan fingerprint density at radius 3 is 2.50 bits per heavy atom. The lowest BCUT2D eigenvalue weighted by Crippen LogP contribution is -2.04. The van der Waals surface area contributed by atoms with E-state index in [0.717, 1.165) is 6.42 Å². The van der Waals surface area contributed by atoms with Crippen molar-refractivity contribution >= 4 is 25.7 Å². The van der Waals surface area contributed by atoms with Gasteiger partial charge in [0.25, 0.3) is 0 Å². The third kappa shape index (κ3) is 2.87. The van der Waals surface area contributed by atoms with Crippen LogP contribution in [-0.4, -0.2) is 19.0 Å². The normalized spacial score (nSPS) is 14.5. The Kier molecular flexibility index (Phi) is 4.25. The van der Waals surface area contributed by atoms with Gasteiger partial charge in [0.15, 0.2) is 0 Å². The molecule has 0 spiro atoms. The molecular formula is C3H7BrOSi.